The molecule has 0 N–H and O–H groups in total. The van der Waals surface area contributed by atoms with Crippen LogP contribution in [0.1, 0.15) is 5.56 Å². The lowest BCUT2D eigenvalue weighted by atomic mass is 10.2. The van der Waals surface area contributed by atoms with E-state index in [4.69, 9.17) is 4.74 Å². The van der Waals surface area contributed by atoms with Gasteiger partial charge in [-0.25, -0.2) is 0 Å². The van der Waals surface area contributed by atoms with Crippen molar-refractivity contribution >= 4 is 33.1 Å². The first kappa shape index (κ1) is 18.5. The van der Waals surface area contributed by atoms with Crippen LogP contribution in [-0.4, -0.2) is 22.0 Å². The maximum Gasteiger partial charge on any atom is 0.286 e. The number of nitrogens with zero attached hydrogens (tertiary/aromatic N) is 3. The molecule has 3 rings (SSSR count). The second-order valence-electron chi connectivity index (χ2n) is 5.80. The largest absolute Gasteiger partial charge is 0.484 e. The van der Waals surface area contributed by atoms with E-state index in [2.05, 4.69) is 11.6 Å². The third-order valence-corrected chi connectivity index (χ3v) is 4.83. The number of nitro groups is 1. The van der Waals surface area contributed by atoms with E-state index in [0.717, 1.165) is 11.1 Å². The number of hydrogen-bond donors (Lipinski definition) is 0. The van der Waals surface area contributed by atoms with Crippen molar-refractivity contribution in [3.05, 3.63) is 75.6 Å². The quantitative estimate of drug-likeness (QED) is 0.370. The van der Waals surface area contributed by atoms with Crippen molar-refractivity contribution in [2.24, 2.45) is 4.99 Å². The van der Waals surface area contributed by atoms with Crippen LogP contribution < -0.4 is 9.54 Å². The van der Waals surface area contributed by atoms with Gasteiger partial charge in [0.05, 0.1) is 15.1 Å². The zero-order valence-electron chi connectivity index (χ0n) is 14.6. The van der Waals surface area contributed by atoms with Gasteiger partial charge in [0.15, 0.2) is 11.4 Å². The number of aromatic nitrogens is 1. The topological polar surface area (TPSA) is 86.7 Å². The van der Waals surface area contributed by atoms with Crippen LogP contribution in [0.25, 0.3) is 10.2 Å². The molecule has 0 aliphatic rings. The lowest BCUT2D eigenvalue weighted by Gasteiger charge is -2.03. The minimum atomic E-state index is -0.450. The van der Waals surface area contributed by atoms with E-state index in [9.17, 15) is 14.9 Å². The van der Waals surface area contributed by atoms with Gasteiger partial charge >= 0.3 is 0 Å². The fraction of sp³-hybridized carbons (Fsp3) is 0.158. The maximum atomic E-state index is 12.2. The van der Waals surface area contributed by atoms with Crippen LogP contribution in [0.4, 0.5) is 5.69 Å². The van der Waals surface area contributed by atoms with Crippen LogP contribution in [0.15, 0.2) is 60.1 Å². The summed E-state index contributed by atoms with van der Waals surface area (Å²) >= 11 is 1.22. The van der Waals surface area contributed by atoms with Crippen molar-refractivity contribution < 1.29 is 14.5 Å². The molecule has 1 heterocycles. The van der Waals surface area contributed by atoms with E-state index < -0.39 is 10.8 Å². The first-order valence-corrected chi connectivity index (χ1v) is 8.95. The van der Waals surface area contributed by atoms with Gasteiger partial charge in [-0.1, -0.05) is 35.1 Å². The predicted octanol–water partition coefficient (Wildman–Crippen LogP) is 3.61. The van der Waals surface area contributed by atoms with Crippen LogP contribution in [0, 0.1) is 17.0 Å². The Balaban J connectivity index is 1.89. The highest BCUT2D eigenvalue weighted by molar-refractivity contribution is 7.16. The number of amides is 1. The Morgan fingerprint density at radius 3 is 2.74 bits per heavy atom. The van der Waals surface area contributed by atoms with E-state index in [1.165, 1.54) is 23.5 Å². The molecule has 1 aromatic heterocycles. The van der Waals surface area contributed by atoms with E-state index in [-0.39, 0.29) is 12.3 Å². The van der Waals surface area contributed by atoms with Gasteiger partial charge in [0.25, 0.3) is 11.6 Å². The molecule has 0 bridgehead atoms. The second-order valence-corrected chi connectivity index (χ2v) is 6.81. The van der Waals surface area contributed by atoms with Gasteiger partial charge in [0, 0.05) is 18.7 Å². The van der Waals surface area contributed by atoms with Crippen molar-refractivity contribution in [2.75, 3.05) is 6.61 Å². The highest BCUT2D eigenvalue weighted by Gasteiger charge is 2.12. The Morgan fingerprint density at radius 1 is 1.33 bits per heavy atom. The first-order valence-electron chi connectivity index (χ1n) is 8.13. The summed E-state index contributed by atoms with van der Waals surface area (Å²) in [5.41, 5.74) is 1.86. The van der Waals surface area contributed by atoms with E-state index in [1.54, 1.807) is 28.8 Å². The molecule has 0 unspecified atom stereocenters. The van der Waals surface area contributed by atoms with Gasteiger partial charge < -0.3 is 9.30 Å². The molecule has 3 aromatic rings. The number of fused-ring (bicyclic) bond motifs is 1. The normalized spacial score (nSPS) is 11.5. The molecule has 138 valence electrons. The fourth-order valence-corrected chi connectivity index (χ4v) is 3.57. The molecule has 1 amide bonds. The fourth-order valence-electron chi connectivity index (χ4n) is 2.48. The third-order valence-electron chi connectivity index (χ3n) is 3.79. The summed E-state index contributed by atoms with van der Waals surface area (Å²) in [5.74, 6) is 0.157. The standard InChI is InChI=1S/C19H17N3O4S/c1-3-10-21-16-9-6-14(22(24)25)11-17(16)27-19(21)20-18(23)12-26-15-7-4-13(2)5-8-15/h3-9,11H,1,10,12H2,2H3. The minimum Gasteiger partial charge on any atom is -0.484 e. The summed E-state index contributed by atoms with van der Waals surface area (Å²) in [6, 6.07) is 11.9. The molecule has 0 atom stereocenters. The van der Waals surface area contributed by atoms with E-state index in [0.29, 0.717) is 21.8 Å². The molecular formula is C19H17N3O4S. The highest BCUT2D eigenvalue weighted by atomic mass is 32.1. The Labute approximate surface area is 159 Å². The summed E-state index contributed by atoms with van der Waals surface area (Å²) < 4.78 is 7.93. The Kier molecular flexibility index (Phi) is 5.46. The Hall–Kier alpha value is -3.26. The number of aryl methyl sites for hydroxylation is 1. The lowest BCUT2D eigenvalue weighted by Crippen LogP contribution is -2.19. The summed E-state index contributed by atoms with van der Waals surface area (Å²) in [6.45, 7) is 5.93. The summed E-state index contributed by atoms with van der Waals surface area (Å²) in [6.07, 6.45) is 1.68. The summed E-state index contributed by atoms with van der Waals surface area (Å²) in [7, 11) is 0. The number of allylic oxidation sites excluding steroid dienone is 1. The summed E-state index contributed by atoms with van der Waals surface area (Å²) in [4.78, 5) is 27.3. The number of benzene rings is 2. The van der Waals surface area contributed by atoms with Crippen molar-refractivity contribution in [2.45, 2.75) is 13.5 Å². The van der Waals surface area contributed by atoms with Gasteiger partial charge in [-0.3, -0.25) is 14.9 Å². The molecule has 2 aromatic carbocycles. The number of ether oxygens (including phenoxy) is 1. The van der Waals surface area contributed by atoms with Gasteiger partial charge in [-0.05, 0) is 25.1 Å². The average Bonchev–Trinajstić information content (AvgIpc) is 2.98. The van der Waals surface area contributed by atoms with Gasteiger partial charge in [0.2, 0.25) is 0 Å². The number of rotatable bonds is 6. The number of carbonyl (C=O) groups is 1. The number of nitro benzene ring substituents is 1. The summed E-state index contributed by atoms with van der Waals surface area (Å²) in [5, 5.41) is 11.0. The van der Waals surface area contributed by atoms with Gasteiger partial charge in [-0.2, -0.15) is 4.99 Å². The van der Waals surface area contributed by atoms with Crippen molar-refractivity contribution in [1.29, 1.82) is 0 Å². The monoisotopic (exact) mass is 383 g/mol. The first-order chi connectivity index (χ1) is 13.0. The minimum absolute atomic E-state index is 0.00455. The molecule has 0 aliphatic carbocycles. The molecule has 0 saturated heterocycles. The van der Waals surface area contributed by atoms with Crippen molar-refractivity contribution in [3.8, 4) is 5.75 Å². The Bertz CT molecular complexity index is 1080. The molecule has 0 spiro atoms. The van der Waals surface area contributed by atoms with Crippen LogP contribution in [0.3, 0.4) is 0 Å². The van der Waals surface area contributed by atoms with E-state index in [1.807, 2.05) is 19.1 Å². The predicted molar refractivity (Wildman–Crippen MR) is 104 cm³/mol. The molecule has 0 fully saturated rings. The van der Waals surface area contributed by atoms with Crippen LogP contribution in [0.5, 0.6) is 5.75 Å². The number of hydrogen-bond acceptors (Lipinski definition) is 5. The smallest absolute Gasteiger partial charge is 0.286 e. The second kappa shape index (κ2) is 7.96. The van der Waals surface area contributed by atoms with Gasteiger partial charge in [-0.15, -0.1) is 6.58 Å². The molecule has 8 heteroatoms. The van der Waals surface area contributed by atoms with E-state index >= 15 is 0 Å². The SMILES string of the molecule is C=CCn1c(=NC(=O)COc2ccc(C)cc2)sc2cc([N+](=O)[O-])ccc21. The molecule has 7 nitrogen and oxygen atoms in total. The molecular weight excluding hydrogens is 366 g/mol. The molecule has 0 radical (unpaired) electrons. The zero-order chi connectivity index (χ0) is 19.4. The maximum absolute atomic E-state index is 12.2. The van der Waals surface area contributed by atoms with Crippen molar-refractivity contribution in [3.63, 3.8) is 0 Å². The molecule has 27 heavy (non-hydrogen) atoms. The third kappa shape index (κ3) is 4.29. The zero-order valence-corrected chi connectivity index (χ0v) is 15.4. The molecule has 0 aliphatic heterocycles. The molecule has 0 saturated carbocycles. The number of non-ortho nitro benzene ring substituents is 1. The highest BCUT2D eigenvalue weighted by Crippen LogP contribution is 2.23. The van der Waals surface area contributed by atoms with Crippen LogP contribution in [0.2, 0.25) is 0 Å². The van der Waals surface area contributed by atoms with Crippen LogP contribution >= 0.6 is 11.3 Å². The lowest BCUT2D eigenvalue weighted by molar-refractivity contribution is -0.384. The number of carbonyl (C=O) groups excluding carboxylic acids is 1. The average molecular weight is 383 g/mol. The number of thiazole rings is 1. The van der Waals surface area contributed by atoms with Gasteiger partial charge in [0.1, 0.15) is 5.75 Å². The van der Waals surface area contributed by atoms with Crippen molar-refractivity contribution in [1.82, 2.24) is 4.57 Å². The van der Waals surface area contributed by atoms with Crippen LogP contribution in [-0.2, 0) is 11.3 Å². The Morgan fingerprint density at radius 2 is 2.07 bits per heavy atom.